The molecule has 1 aliphatic carbocycles. The lowest BCUT2D eigenvalue weighted by atomic mass is 9.72. The van der Waals surface area contributed by atoms with E-state index >= 15 is 4.79 Å². The number of carboxylic acids is 1. The second-order valence-corrected chi connectivity index (χ2v) is 15.5. The minimum atomic E-state index is -1.13. The van der Waals surface area contributed by atoms with Gasteiger partial charge in [0.15, 0.2) is 0 Å². The number of hydrogen-bond donors (Lipinski definition) is 2. The van der Waals surface area contributed by atoms with Crippen molar-refractivity contribution in [2.24, 2.45) is 11.3 Å². The van der Waals surface area contributed by atoms with Crippen LogP contribution in [0.25, 0.3) is 0 Å². The Kier molecular flexibility index (Phi) is 9.58. The van der Waals surface area contributed by atoms with Crippen LogP contribution in [0.1, 0.15) is 88.7 Å². The SMILES string of the molecule is COc1ccc2c(c1)[C@@](C)(C(=O)N1[C@H](C(=O)O)[C@@H](C(C)(C)C)[C@H](NCc3cc(C(C)(C)C)ccc3OC)[C@@H]1c1cccnc1OC)CC2. The third-order valence-corrected chi connectivity index (χ3v) is 10.4. The molecule has 2 heterocycles. The van der Waals surface area contributed by atoms with Gasteiger partial charge in [0.05, 0.1) is 32.8 Å². The smallest absolute Gasteiger partial charge is 0.326 e. The molecule has 0 spiro atoms. The van der Waals surface area contributed by atoms with Gasteiger partial charge in [-0.1, -0.05) is 59.7 Å². The van der Waals surface area contributed by atoms with E-state index in [1.165, 1.54) is 0 Å². The lowest BCUT2D eigenvalue weighted by Gasteiger charge is -2.38. The first-order valence-electron chi connectivity index (χ1n) is 16.7. The molecule has 48 heavy (non-hydrogen) atoms. The molecular weight excluding hydrogens is 606 g/mol. The molecule has 5 rings (SSSR count). The lowest BCUT2D eigenvalue weighted by molar-refractivity contribution is -0.154. The number of nitrogens with one attached hydrogen (secondary N) is 1. The Morgan fingerprint density at radius 1 is 1.00 bits per heavy atom. The molecule has 9 nitrogen and oxygen atoms in total. The Morgan fingerprint density at radius 3 is 2.33 bits per heavy atom. The van der Waals surface area contributed by atoms with Crippen LogP contribution in [0, 0.1) is 11.3 Å². The zero-order valence-corrected chi connectivity index (χ0v) is 30.0. The van der Waals surface area contributed by atoms with Crippen LogP contribution in [0.15, 0.2) is 54.7 Å². The number of aromatic nitrogens is 1. The first-order valence-corrected chi connectivity index (χ1v) is 16.7. The summed E-state index contributed by atoms with van der Waals surface area (Å²) in [6.07, 6.45) is 2.91. The number of pyridine rings is 1. The normalized spacial score (nSPS) is 23.9. The summed E-state index contributed by atoms with van der Waals surface area (Å²) >= 11 is 0. The van der Waals surface area contributed by atoms with Crippen LogP contribution in [0.4, 0.5) is 0 Å². The number of methoxy groups -OCH3 is 3. The van der Waals surface area contributed by atoms with E-state index in [1.54, 1.807) is 32.4 Å². The van der Waals surface area contributed by atoms with Gasteiger partial charge in [0.2, 0.25) is 11.8 Å². The molecule has 9 heteroatoms. The molecule has 2 aromatic carbocycles. The van der Waals surface area contributed by atoms with Crippen molar-refractivity contribution in [3.63, 3.8) is 0 Å². The van der Waals surface area contributed by atoms with Crippen LogP contribution in [-0.4, -0.2) is 60.3 Å². The van der Waals surface area contributed by atoms with E-state index in [0.717, 1.165) is 28.0 Å². The second kappa shape index (κ2) is 13.1. The number of carbonyl (C=O) groups excluding carboxylic acids is 1. The first kappa shape index (κ1) is 35.2. The van der Waals surface area contributed by atoms with E-state index in [9.17, 15) is 9.90 Å². The number of likely N-dealkylation sites (tertiary alicyclic amines) is 1. The monoisotopic (exact) mass is 657 g/mol. The molecular formula is C39H51N3O6. The highest BCUT2D eigenvalue weighted by Gasteiger charge is 2.61. The van der Waals surface area contributed by atoms with E-state index in [4.69, 9.17) is 14.2 Å². The van der Waals surface area contributed by atoms with Crippen molar-refractivity contribution in [3.8, 4) is 17.4 Å². The average Bonchev–Trinajstić information content (AvgIpc) is 3.58. The predicted octanol–water partition coefficient (Wildman–Crippen LogP) is 6.47. The van der Waals surface area contributed by atoms with Gasteiger partial charge in [-0.25, -0.2) is 9.78 Å². The number of benzene rings is 2. The largest absolute Gasteiger partial charge is 0.497 e. The molecule has 2 N–H and O–H groups in total. The standard InChI is InChI=1S/C39H51N3O6/c1-37(2,3)25-14-16-29(47-9)24(20-25)22-41-31-30(38(4,5)6)33(35(43)44)42(32(31)27-12-11-19-40-34(27)48-10)36(45)39(7)18-17-23-13-15-26(46-8)21-28(23)39/h11-16,19-21,30-33,41H,17-18,22H2,1-10H3,(H,43,44)/t30-,31-,32-,33-,39-/m0/s1. The molecule has 3 aromatic rings. The van der Waals surface area contributed by atoms with Gasteiger partial charge in [0, 0.05) is 35.8 Å². The molecule has 1 fully saturated rings. The maximum Gasteiger partial charge on any atom is 0.326 e. The Morgan fingerprint density at radius 2 is 1.73 bits per heavy atom. The Balaban J connectivity index is 1.70. The second-order valence-electron chi connectivity index (χ2n) is 15.5. The number of hydrogen-bond acceptors (Lipinski definition) is 7. The number of carbonyl (C=O) groups is 2. The number of aryl methyl sites for hydroxylation is 1. The molecule has 258 valence electrons. The fraction of sp³-hybridized carbons (Fsp3) is 0.513. The van der Waals surface area contributed by atoms with E-state index in [2.05, 4.69) is 43.2 Å². The minimum Gasteiger partial charge on any atom is -0.497 e. The van der Waals surface area contributed by atoms with Crippen molar-refractivity contribution >= 4 is 11.9 Å². The molecule has 1 aliphatic heterocycles. The molecule has 0 radical (unpaired) electrons. The highest BCUT2D eigenvalue weighted by Crippen LogP contribution is 2.53. The van der Waals surface area contributed by atoms with Gasteiger partial charge in [-0.05, 0) is 77.6 Å². The topological polar surface area (TPSA) is 110 Å². The molecule has 1 aromatic heterocycles. The van der Waals surface area contributed by atoms with Gasteiger partial charge in [-0.15, -0.1) is 0 Å². The van der Waals surface area contributed by atoms with Crippen molar-refractivity contribution in [1.29, 1.82) is 0 Å². The molecule has 0 saturated carbocycles. The number of aliphatic carboxylic acids is 1. The lowest BCUT2D eigenvalue weighted by Crippen LogP contribution is -2.52. The third-order valence-electron chi connectivity index (χ3n) is 10.4. The van der Waals surface area contributed by atoms with Crippen molar-refractivity contribution < 1.29 is 28.9 Å². The summed E-state index contributed by atoms with van der Waals surface area (Å²) in [7, 11) is 4.81. The van der Waals surface area contributed by atoms with Gasteiger partial charge >= 0.3 is 5.97 Å². The van der Waals surface area contributed by atoms with Crippen molar-refractivity contribution in [2.45, 2.75) is 96.8 Å². The summed E-state index contributed by atoms with van der Waals surface area (Å²) in [5, 5.41) is 14.8. The molecule has 1 saturated heterocycles. The van der Waals surface area contributed by atoms with Crippen molar-refractivity contribution in [2.75, 3.05) is 21.3 Å². The zero-order chi connectivity index (χ0) is 35.2. The number of amides is 1. The van der Waals surface area contributed by atoms with Crippen molar-refractivity contribution in [3.05, 3.63) is 82.5 Å². The van der Waals surface area contributed by atoms with E-state index in [0.29, 0.717) is 36.6 Å². The number of rotatable bonds is 9. The molecule has 5 atom stereocenters. The minimum absolute atomic E-state index is 0.0821. The van der Waals surface area contributed by atoms with Gasteiger partial charge in [-0.3, -0.25) is 4.79 Å². The van der Waals surface area contributed by atoms with Gasteiger partial charge < -0.3 is 29.5 Å². The summed E-state index contributed by atoms with van der Waals surface area (Å²) in [4.78, 5) is 35.0. The van der Waals surface area contributed by atoms with E-state index in [1.807, 2.05) is 64.1 Å². The van der Waals surface area contributed by atoms with Gasteiger partial charge in [0.25, 0.3) is 0 Å². The molecule has 0 unspecified atom stereocenters. The zero-order valence-electron chi connectivity index (χ0n) is 30.0. The van der Waals surface area contributed by atoms with E-state index < -0.39 is 40.8 Å². The molecule has 1 amide bonds. The molecule has 2 aliphatic rings. The van der Waals surface area contributed by atoms with Crippen LogP contribution in [0.2, 0.25) is 0 Å². The Labute approximate surface area is 285 Å². The van der Waals surface area contributed by atoms with Gasteiger partial charge in [-0.2, -0.15) is 0 Å². The number of fused-ring (bicyclic) bond motifs is 1. The van der Waals surface area contributed by atoms with E-state index in [-0.39, 0.29) is 11.3 Å². The van der Waals surface area contributed by atoms with Gasteiger partial charge in [0.1, 0.15) is 17.5 Å². The highest BCUT2D eigenvalue weighted by atomic mass is 16.5. The Hall–Kier alpha value is -4.11. The van der Waals surface area contributed by atoms with Crippen molar-refractivity contribution in [1.82, 2.24) is 15.2 Å². The summed E-state index contributed by atoms with van der Waals surface area (Å²) in [5.41, 5.74) is 3.16. The summed E-state index contributed by atoms with van der Waals surface area (Å²) in [6, 6.07) is 13.5. The summed E-state index contributed by atoms with van der Waals surface area (Å²) in [5.74, 6) is -0.000903. The third kappa shape index (κ3) is 6.25. The van der Waals surface area contributed by atoms with Crippen LogP contribution >= 0.6 is 0 Å². The number of nitrogens with zero attached hydrogens (tertiary/aromatic N) is 2. The predicted molar refractivity (Wildman–Crippen MR) is 186 cm³/mol. The molecule has 0 bridgehead atoms. The van der Waals surface area contributed by atoms with Crippen LogP contribution in [0.3, 0.4) is 0 Å². The summed E-state index contributed by atoms with van der Waals surface area (Å²) < 4.78 is 17.1. The van der Waals surface area contributed by atoms with Crippen LogP contribution < -0.4 is 19.5 Å². The highest BCUT2D eigenvalue weighted by molar-refractivity contribution is 5.94. The fourth-order valence-corrected chi connectivity index (χ4v) is 7.88. The average molecular weight is 658 g/mol. The number of carboxylic acid groups (broad SMARTS) is 1. The fourth-order valence-electron chi connectivity index (χ4n) is 7.88. The Bertz CT molecular complexity index is 1670. The summed E-state index contributed by atoms with van der Waals surface area (Å²) in [6.45, 7) is 15.0. The first-order chi connectivity index (χ1) is 22.6. The maximum atomic E-state index is 15.3. The maximum absolute atomic E-state index is 15.3. The quantitative estimate of drug-likeness (QED) is 0.270. The van der Waals surface area contributed by atoms with Crippen LogP contribution in [0.5, 0.6) is 17.4 Å². The number of ether oxygens (including phenoxy) is 3. The van der Waals surface area contributed by atoms with Crippen LogP contribution in [-0.2, 0) is 33.4 Å².